The quantitative estimate of drug-likeness (QED) is 0.636. The van der Waals surface area contributed by atoms with Gasteiger partial charge >= 0.3 is 5.97 Å². The average molecular weight is 366 g/mol. The maximum Gasteiger partial charge on any atom is 0.312 e. The molecule has 136 valence electrons. The summed E-state index contributed by atoms with van der Waals surface area (Å²) in [4.78, 5) is 0. The van der Waals surface area contributed by atoms with Gasteiger partial charge in [-0.25, -0.2) is 0 Å². The zero-order valence-corrected chi connectivity index (χ0v) is 15.0. The van der Waals surface area contributed by atoms with E-state index in [1.807, 2.05) is 24.3 Å². The first-order valence-electron chi connectivity index (χ1n) is 8.33. The summed E-state index contributed by atoms with van der Waals surface area (Å²) in [5.74, 6) is 4.09. The molecule has 0 spiro atoms. The van der Waals surface area contributed by atoms with Gasteiger partial charge in [0.15, 0.2) is 0 Å². The molecule has 0 radical (unpaired) electrons. The van der Waals surface area contributed by atoms with Crippen LogP contribution < -0.4 is 0 Å². The molecule has 3 aliphatic heterocycles. The van der Waals surface area contributed by atoms with E-state index < -0.39 is 16.1 Å². The van der Waals surface area contributed by atoms with E-state index in [4.69, 9.17) is 18.8 Å². The van der Waals surface area contributed by atoms with E-state index in [1.165, 1.54) is 0 Å². The highest BCUT2D eigenvalue weighted by atomic mass is 32.2. The van der Waals surface area contributed by atoms with Crippen molar-refractivity contribution in [3.63, 3.8) is 0 Å². The fraction of sp³-hybridized carbons (Fsp3) is 0.556. The number of rotatable bonds is 5. The summed E-state index contributed by atoms with van der Waals surface area (Å²) in [5.41, 5.74) is 1.48. The van der Waals surface area contributed by atoms with Crippen LogP contribution in [0.2, 0.25) is 0 Å². The lowest BCUT2D eigenvalue weighted by molar-refractivity contribution is -0.480. The van der Waals surface area contributed by atoms with E-state index in [2.05, 4.69) is 18.8 Å². The van der Waals surface area contributed by atoms with Gasteiger partial charge in [0, 0.05) is 23.0 Å². The summed E-state index contributed by atoms with van der Waals surface area (Å²) in [7, 11) is -3.97. The molecule has 1 N–H and O–H groups in total. The Kier molecular flexibility index (Phi) is 5.19. The number of benzene rings is 1. The molecule has 0 atom stereocenters. The molecule has 25 heavy (non-hydrogen) atoms. The summed E-state index contributed by atoms with van der Waals surface area (Å²) in [6.45, 7) is 4.01. The van der Waals surface area contributed by atoms with E-state index in [-0.39, 0.29) is 17.6 Å². The summed E-state index contributed by atoms with van der Waals surface area (Å²) < 4.78 is 47.7. The topological polar surface area (TPSA) is 82.1 Å². The normalized spacial score (nSPS) is 28.4. The molecule has 1 aromatic rings. The first kappa shape index (κ1) is 18.4. The van der Waals surface area contributed by atoms with Gasteiger partial charge in [-0.1, -0.05) is 25.2 Å². The first-order valence-corrected chi connectivity index (χ1v) is 9.94. The molecule has 4 rings (SSSR count). The van der Waals surface area contributed by atoms with Gasteiger partial charge < -0.3 is 14.2 Å². The van der Waals surface area contributed by atoms with Crippen LogP contribution in [0.25, 0.3) is 0 Å². The van der Waals surface area contributed by atoms with Gasteiger partial charge in [-0.15, -0.1) is 0 Å². The van der Waals surface area contributed by atoms with Crippen molar-refractivity contribution in [1.82, 2.24) is 0 Å². The third kappa shape index (κ3) is 4.22. The molecule has 0 aliphatic carbocycles. The van der Waals surface area contributed by atoms with Crippen molar-refractivity contribution in [3.8, 4) is 11.8 Å². The van der Waals surface area contributed by atoms with Crippen LogP contribution in [0.4, 0.5) is 0 Å². The average Bonchev–Trinajstić information content (AvgIpc) is 2.60. The fourth-order valence-corrected chi connectivity index (χ4v) is 3.45. The Morgan fingerprint density at radius 1 is 1.12 bits per heavy atom. The molecule has 6 nitrogen and oxygen atoms in total. The summed E-state index contributed by atoms with van der Waals surface area (Å²) >= 11 is 0. The Morgan fingerprint density at radius 3 is 2.24 bits per heavy atom. The van der Waals surface area contributed by atoms with Gasteiger partial charge in [-0.2, -0.15) is 8.42 Å². The zero-order valence-electron chi connectivity index (χ0n) is 14.2. The molecule has 0 unspecified atom stereocenters. The van der Waals surface area contributed by atoms with Crippen LogP contribution in [0, 0.1) is 17.3 Å². The summed E-state index contributed by atoms with van der Waals surface area (Å²) in [6.07, 6.45) is 2.16. The molecule has 0 aromatic heterocycles. The lowest BCUT2D eigenvalue weighted by atomic mass is 9.83. The van der Waals surface area contributed by atoms with Crippen LogP contribution in [0.5, 0.6) is 0 Å². The van der Waals surface area contributed by atoms with Crippen molar-refractivity contribution < 1.29 is 27.2 Å². The zero-order chi connectivity index (χ0) is 18.0. The highest BCUT2D eigenvalue weighted by Gasteiger charge is 2.53. The maximum atomic E-state index is 10.6. The minimum Gasteiger partial charge on any atom is -0.323 e. The van der Waals surface area contributed by atoms with Crippen molar-refractivity contribution in [2.75, 3.05) is 25.6 Å². The van der Waals surface area contributed by atoms with Crippen LogP contribution in [0.15, 0.2) is 24.3 Å². The first-order chi connectivity index (χ1) is 11.9. The molecule has 0 saturated carbocycles. The highest BCUT2D eigenvalue weighted by molar-refractivity contribution is 7.85. The van der Waals surface area contributed by atoms with Crippen molar-refractivity contribution in [2.45, 2.75) is 32.2 Å². The Morgan fingerprint density at radius 2 is 1.72 bits per heavy atom. The van der Waals surface area contributed by atoms with Crippen molar-refractivity contribution >= 4 is 10.1 Å². The number of hydrogen-bond donors (Lipinski definition) is 1. The van der Waals surface area contributed by atoms with Crippen molar-refractivity contribution in [3.05, 3.63) is 35.4 Å². The predicted octanol–water partition coefficient (Wildman–Crippen LogP) is 2.29. The number of hydrogen-bond acceptors (Lipinski definition) is 5. The minimum absolute atomic E-state index is 0.0328. The molecule has 2 bridgehead atoms. The van der Waals surface area contributed by atoms with Gasteiger partial charge in [0.2, 0.25) is 0 Å². The van der Waals surface area contributed by atoms with Crippen LogP contribution in [0.3, 0.4) is 0 Å². The fourth-order valence-electron chi connectivity index (χ4n) is 3.09. The standard InChI is InChI=1S/C18H22O6S/c1-2-10-17-12-22-18(23-13-17,24-14-17)16-8-6-15(7-9-16)5-3-4-11-25(19,20)21/h6-9H,2,4,10-14H2,1H3,(H,19,20,21). The second-order valence-electron chi connectivity index (χ2n) is 6.59. The molecule has 1 aromatic carbocycles. The van der Waals surface area contributed by atoms with Gasteiger partial charge in [-0.05, 0) is 30.7 Å². The Bertz CT molecular complexity index is 747. The Balaban J connectivity index is 1.65. The molecule has 7 heteroatoms. The van der Waals surface area contributed by atoms with Gasteiger partial charge in [0.1, 0.15) is 0 Å². The lowest BCUT2D eigenvalue weighted by Crippen LogP contribution is -2.58. The van der Waals surface area contributed by atoms with E-state index in [0.29, 0.717) is 19.8 Å². The monoisotopic (exact) mass is 366 g/mol. The molecule has 0 amide bonds. The SMILES string of the molecule is CCCC12COC(c3ccc(C#CCCS(=O)(=O)O)cc3)(OC1)OC2. The third-order valence-corrected chi connectivity index (χ3v) is 5.16. The van der Waals surface area contributed by atoms with Gasteiger partial charge in [-0.3, -0.25) is 4.55 Å². The van der Waals surface area contributed by atoms with Gasteiger partial charge in [0.25, 0.3) is 10.1 Å². The smallest absolute Gasteiger partial charge is 0.312 e. The maximum absolute atomic E-state index is 10.6. The molecule has 3 saturated heterocycles. The number of fused-ring (bicyclic) bond motifs is 3. The second kappa shape index (κ2) is 7.06. The van der Waals surface area contributed by atoms with Crippen molar-refractivity contribution in [2.24, 2.45) is 5.41 Å². The molecule has 3 fully saturated rings. The van der Waals surface area contributed by atoms with Crippen LogP contribution >= 0.6 is 0 Å². The van der Waals surface area contributed by atoms with Crippen LogP contribution in [-0.2, 0) is 30.3 Å². The third-order valence-electron chi connectivity index (χ3n) is 4.44. The van der Waals surface area contributed by atoms with Crippen LogP contribution in [-0.4, -0.2) is 38.5 Å². The largest absolute Gasteiger partial charge is 0.323 e. The van der Waals surface area contributed by atoms with E-state index >= 15 is 0 Å². The van der Waals surface area contributed by atoms with E-state index in [1.54, 1.807) is 0 Å². The van der Waals surface area contributed by atoms with Crippen molar-refractivity contribution in [1.29, 1.82) is 0 Å². The van der Waals surface area contributed by atoms with E-state index in [0.717, 1.165) is 24.0 Å². The van der Waals surface area contributed by atoms with E-state index in [9.17, 15) is 8.42 Å². The minimum atomic E-state index is -3.97. The summed E-state index contributed by atoms with van der Waals surface area (Å²) in [6, 6.07) is 7.29. The Hall–Kier alpha value is -1.43. The van der Waals surface area contributed by atoms with Gasteiger partial charge in [0.05, 0.1) is 25.6 Å². The summed E-state index contributed by atoms with van der Waals surface area (Å²) in [5, 5.41) is 0. The molecule has 3 aliphatic rings. The molecular formula is C18H22O6S. The second-order valence-corrected chi connectivity index (χ2v) is 8.16. The predicted molar refractivity (Wildman–Crippen MR) is 91.2 cm³/mol. The lowest BCUT2D eigenvalue weighted by Gasteiger charge is -2.51. The number of ether oxygens (including phenoxy) is 3. The molecular weight excluding hydrogens is 344 g/mol. The van der Waals surface area contributed by atoms with Crippen LogP contribution in [0.1, 0.15) is 37.3 Å². The molecule has 3 heterocycles. The highest BCUT2D eigenvalue weighted by Crippen LogP contribution is 2.46. The Labute approximate surface area is 148 Å².